The number of fused-ring (bicyclic) bond motifs is 2. The summed E-state index contributed by atoms with van der Waals surface area (Å²) in [4.78, 5) is 14.6. The van der Waals surface area contributed by atoms with E-state index in [2.05, 4.69) is 12.1 Å². The van der Waals surface area contributed by atoms with Gasteiger partial charge in [0.1, 0.15) is 6.61 Å². The number of hydrogen-bond acceptors (Lipinski definition) is 4. The van der Waals surface area contributed by atoms with Crippen LogP contribution in [0.2, 0.25) is 0 Å². The first-order valence-electron chi connectivity index (χ1n) is 9.62. The molecule has 5 heteroatoms. The quantitative estimate of drug-likeness (QED) is 0.758. The standard InChI is InChI=1S/C23H25NO4/c1-26-21-10-6-9-20(22(21)27-2)17-13-18-11-12-19(14-17)24(18)23(25)28-15-16-7-4-3-5-8-16/h3-10,13,18-19H,11-12,14-15H2,1-2H3. The normalized spacial score (nSPS) is 20.5. The van der Waals surface area contributed by atoms with Crippen molar-refractivity contribution in [2.45, 2.75) is 38.0 Å². The van der Waals surface area contributed by atoms with Gasteiger partial charge in [-0.3, -0.25) is 4.90 Å². The Morgan fingerprint density at radius 2 is 1.86 bits per heavy atom. The van der Waals surface area contributed by atoms with Crippen LogP contribution in [0.1, 0.15) is 30.4 Å². The van der Waals surface area contributed by atoms with Gasteiger partial charge in [-0.05, 0) is 36.5 Å². The third-order valence-electron chi connectivity index (χ3n) is 5.56. The van der Waals surface area contributed by atoms with Gasteiger partial charge in [-0.25, -0.2) is 4.79 Å². The summed E-state index contributed by atoms with van der Waals surface area (Å²) in [7, 11) is 3.30. The summed E-state index contributed by atoms with van der Waals surface area (Å²) in [5.74, 6) is 1.47. The Morgan fingerprint density at radius 1 is 1.04 bits per heavy atom. The maximum Gasteiger partial charge on any atom is 0.410 e. The number of benzene rings is 2. The van der Waals surface area contributed by atoms with E-state index in [1.165, 1.54) is 5.57 Å². The molecule has 1 amide bonds. The number of carbonyl (C=O) groups excluding carboxylic acids is 1. The molecule has 2 aliphatic rings. The molecule has 1 fully saturated rings. The van der Waals surface area contributed by atoms with E-state index in [1.807, 2.05) is 47.4 Å². The second-order valence-corrected chi connectivity index (χ2v) is 7.18. The monoisotopic (exact) mass is 379 g/mol. The van der Waals surface area contributed by atoms with Crippen LogP contribution in [0.4, 0.5) is 4.79 Å². The van der Waals surface area contributed by atoms with Crippen molar-refractivity contribution in [2.24, 2.45) is 0 Å². The van der Waals surface area contributed by atoms with Gasteiger partial charge in [0.15, 0.2) is 11.5 Å². The molecule has 2 aliphatic heterocycles. The van der Waals surface area contributed by atoms with Crippen molar-refractivity contribution < 1.29 is 19.0 Å². The summed E-state index contributed by atoms with van der Waals surface area (Å²) >= 11 is 0. The summed E-state index contributed by atoms with van der Waals surface area (Å²) < 4.78 is 16.6. The molecule has 2 unspecified atom stereocenters. The lowest BCUT2D eigenvalue weighted by atomic mass is 9.94. The first kappa shape index (κ1) is 18.4. The lowest BCUT2D eigenvalue weighted by molar-refractivity contribution is 0.0832. The molecule has 0 saturated carbocycles. The van der Waals surface area contributed by atoms with Gasteiger partial charge in [0.05, 0.1) is 20.3 Å². The zero-order valence-electron chi connectivity index (χ0n) is 16.3. The average molecular weight is 379 g/mol. The Hall–Kier alpha value is -2.95. The van der Waals surface area contributed by atoms with Crippen LogP contribution in [-0.2, 0) is 11.3 Å². The maximum absolute atomic E-state index is 12.7. The lowest BCUT2D eigenvalue weighted by Gasteiger charge is -2.33. The predicted molar refractivity (Wildman–Crippen MR) is 107 cm³/mol. The van der Waals surface area contributed by atoms with Crippen molar-refractivity contribution in [1.82, 2.24) is 4.90 Å². The van der Waals surface area contributed by atoms with E-state index in [-0.39, 0.29) is 18.2 Å². The largest absolute Gasteiger partial charge is 0.493 e. The second kappa shape index (κ2) is 7.97. The van der Waals surface area contributed by atoms with Crippen molar-refractivity contribution in [2.75, 3.05) is 14.2 Å². The molecule has 2 bridgehead atoms. The highest BCUT2D eigenvalue weighted by Gasteiger charge is 2.41. The van der Waals surface area contributed by atoms with E-state index >= 15 is 0 Å². The Bertz CT molecular complexity index is 877. The number of amides is 1. The third kappa shape index (κ3) is 3.44. The number of rotatable bonds is 5. The number of ether oxygens (including phenoxy) is 3. The van der Waals surface area contributed by atoms with E-state index in [9.17, 15) is 4.79 Å². The molecule has 0 radical (unpaired) electrons. The maximum atomic E-state index is 12.7. The minimum absolute atomic E-state index is 0.0629. The van der Waals surface area contributed by atoms with Crippen LogP contribution >= 0.6 is 0 Å². The van der Waals surface area contributed by atoms with E-state index in [0.29, 0.717) is 6.61 Å². The molecule has 0 aliphatic carbocycles. The molecule has 2 aromatic rings. The van der Waals surface area contributed by atoms with Gasteiger partial charge in [0.25, 0.3) is 0 Å². The van der Waals surface area contributed by atoms with Crippen molar-refractivity contribution in [3.63, 3.8) is 0 Å². The van der Waals surface area contributed by atoms with E-state index in [1.54, 1.807) is 14.2 Å². The van der Waals surface area contributed by atoms with Gasteiger partial charge in [-0.1, -0.05) is 48.5 Å². The minimum atomic E-state index is -0.232. The average Bonchev–Trinajstić information content (AvgIpc) is 3.01. The summed E-state index contributed by atoms with van der Waals surface area (Å²) in [6, 6.07) is 15.9. The lowest BCUT2D eigenvalue weighted by Crippen LogP contribution is -2.43. The van der Waals surface area contributed by atoms with Crippen LogP contribution in [0.25, 0.3) is 5.57 Å². The Morgan fingerprint density at radius 3 is 2.57 bits per heavy atom. The van der Waals surface area contributed by atoms with Gasteiger partial charge in [0.2, 0.25) is 0 Å². The van der Waals surface area contributed by atoms with E-state index in [0.717, 1.165) is 41.9 Å². The van der Waals surface area contributed by atoms with Crippen LogP contribution in [-0.4, -0.2) is 37.3 Å². The third-order valence-corrected chi connectivity index (χ3v) is 5.56. The van der Waals surface area contributed by atoms with Crippen LogP contribution in [0.15, 0.2) is 54.6 Å². The van der Waals surface area contributed by atoms with Gasteiger partial charge < -0.3 is 14.2 Å². The summed E-state index contributed by atoms with van der Waals surface area (Å²) in [5.41, 5.74) is 3.24. The topological polar surface area (TPSA) is 48.0 Å². The van der Waals surface area contributed by atoms with Crippen molar-refractivity contribution in [1.29, 1.82) is 0 Å². The highest BCUT2D eigenvalue weighted by molar-refractivity contribution is 5.78. The minimum Gasteiger partial charge on any atom is -0.493 e. The molecule has 146 valence electrons. The smallest absolute Gasteiger partial charge is 0.410 e. The molecule has 2 aromatic carbocycles. The molecule has 5 nitrogen and oxygen atoms in total. The van der Waals surface area contributed by atoms with E-state index in [4.69, 9.17) is 14.2 Å². The van der Waals surface area contributed by atoms with Gasteiger partial charge >= 0.3 is 6.09 Å². The van der Waals surface area contributed by atoms with Crippen LogP contribution < -0.4 is 9.47 Å². The Balaban J connectivity index is 1.52. The summed E-state index contributed by atoms with van der Waals surface area (Å²) in [5, 5.41) is 0. The van der Waals surface area contributed by atoms with Gasteiger partial charge in [-0.2, -0.15) is 0 Å². The van der Waals surface area contributed by atoms with E-state index < -0.39 is 0 Å². The van der Waals surface area contributed by atoms with Gasteiger partial charge in [0, 0.05) is 11.6 Å². The molecular weight excluding hydrogens is 354 g/mol. The highest BCUT2D eigenvalue weighted by Crippen LogP contribution is 2.43. The van der Waals surface area contributed by atoms with Crippen LogP contribution in [0.3, 0.4) is 0 Å². The summed E-state index contributed by atoms with van der Waals surface area (Å²) in [6.07, 6.45) is 4.69. The number of para-hydroxylation sites is 1. The fourth-order valence-electron chi connectivity index (χ4n) is 4.25. The second-order valence-electron chi connectivity index (χ2n) is 7.18. The first-order valence-corrected chi connectivity index (χ1v) is 9.62. The first-order chi connectivity index (χ1) is 13.7. The molecule has 0 N–H and O–H groups in total. The fraction of sp³-hybridized carbons (Fsp3) is 0.348. The summed E-state index contributed by atoms with van der Waals surface area (Å²) in [6.45, 7) is 0.301. The van der Waals surface area contributed by atoms with Gasteiger partial charge in [-0.15, -0.1) is 0 Å². The van der Waals surface area contributed by atoms with Crippen molar-refractivity contribution >= 4 is 11.7 Å². The predicted octanol–water partition coefficient (Wildman–Crippen LogP) is 4.66. The fourth-order valence-corrected chi connectivity index (χ4v) is 4.25. The molecule has 0 spiro atoms. The SMILES string of the molecule is COc1cccc(C2=CC3CCC(C2)N3C(=O)OCc2ccccc2)c1OC. The Labute approximate surface area is 165 Å². The Kier molecular flexibility index (Phi) is 5.24. The van der Waals surface area contributed by atoms with Crippen LogP contribution in [0.5, 0.6) is 11.5 Å². The van der Waals surface area contributed by atoms with Crippen molar-refractivity contribution in [3.8, 4) is 11.5 Å². The van der Waals surface area contributed by atoms with Crippen molar-refractivity contribution in [3.05, 3.63) is 65.7 Å². The zero-order valence-corrected chi connectivity index (χ0v) is 16.3. The number of nitrogens with zero attached hydrogens (tertiary/aromatic N) is 1. The zero-order chi connectivity index (χ0) is 19.5. The molecule has 28 heavy (non-hydrogen) atoms. The number of hydrogen-bond donors (Lipinski definition) is 0. The van der Waals surface area contributed by atoms with Crippen LogP contribution in [0, 0.1) is 0 Å². The highest BCUT2D eigenvalue weighted by atomic mass is 16.6. The number of methoxy groups -OCH3 is 2. The molecule has 4 rings (SSSR count). The molecular formula is C23H25NO4. The number of carbonyl (C=O) groups is 1. The molecule has 0 aromatic heterocycles. The molecule has 2 heterocycles. The molecule has 2 atom stereocenters. The molecule has 1 saturated heterocycles.